The lowest BCUT2D eigenvalue weighted by Crippen LogP contribution is -2.19. The maximum absolute atomic E-state index is 11.8. The number of rotatable bonds is 7. The monoisotopic (exact) mass is 398 g/mol. The minimum absolute atomic E-state index is 0.00994. The van der Waals surface area contributed by atoms with Crippen molar-refractivity contribution in [3.8, 4) is 17.2 Å². The first-order valence-electron chi connectivity index (χ1n) is 6.35. The first-order valence-corrected chi connectivity index (χ1v) is 7.43. The molecule has 0 heterocycles. The zero-order valence-corrected chi connectivity index (χ0v) is 13.7. The van der Waals surface area contributed by atoms with Crippen molar-refractivity contribution >= 4 is 28.4 Å². The maximum atomic E-state index is 11.8. The minimum Gasteiger partial charge on any atom is -0.497 e. The number of ketones is 1. The Morgan fingerprint density at radius 1 is 1.00 bits per heavy atom. The summed E-state index contributed by atoms with van der Waals surface area (Å²) < 4.78 is 16.9. The molecule has 0 radical (unpaired) electrons. The van der Waals surface area contributed by atoms with E-state index in [2.05, 4.69) is 22.6 Å². The molecular formula is C16H15IO4. The second kappa shape index (κ2) is 7.87. The van der Waals surface area contributed by atoms with Crippen LogP contribution in [0.15, 0.2) is 48.5 Å². The van der Waals surface area contributed by atoms with Gasteiger partial charge in [-0.2, -0.15) is 0 Å². The van der Waals surface area contributed by atoms with Crippen LogP contribution in [0.25, 0.3) is 0 Å². The van der Waals surface area contributed by atoms with E-state index in [1.54, 1.807) is 19.2 Å². The fourth-order valence-electron chi connectivity index (χ4n) is 1.62. The van der Waals surface area contributed by atoms with E-state index in [9.17, 15) is 4.79 Å². The number of para-hydroxylation sites is 1. The SMILES string of the molecule is COc1cccc(OCC(=O)COc2ccccc2I)c1. The van der Waals surface area contributed by atoms with E-state index in [4.69, 9.17) is 14.2 Å². The average molecular weight is 398 g/mol. The lowest BCUT2D eigenvalue weighted by Gasteiger charge is -2.09. The van der Waals surface area contributed by atoms with Crippen molar-refractivity contribution in [3.05, 3.63) is 52.1 Å². The Morgan fingerprint density at radius 3 is 2.48 bits per heavy atom. The van der Waals surface area contributed by atoms with Gasteiger partial charge in [-0.1, -0.05) is 18.2 Å². The summed E-state index contributed by atoms with van der Waals surface area (Å²) in [4.78, 5) is 11.8. The molecule has 0 aliphatic rings. The number of hydrogen-bond donors (Lipinski definition) is 0. The highest BCUT2D eigenvalue weighted by Gasteiger charge is 2.07. The van der Waals surface area contributed by atoms with Crippen molar-refractivity contribution in [1.82, 2.24) is 0 Å². The van der Waals surface area contributed by atoms with Crippen LogP contribution in [0.5, 0.6) is 17.2 Å². The lowest BCUT2D eigenvalue weighted by atomic mass is 10.3. The predicted molar refractivity (Wildman–Crippen MR) is 88.2 cm³/mol. The fourth-order valence-corrected chi connectivity index (χ4v) is 2.16. The maximum Gasteiger partial charge on any atom is 0.207 e. The highest BCUT2D eigenvalue weighted by atomic mass is 127. The van der Waals surface area contributed by atoms with Crippen molar-refractivity contribution < 1.29 is 19.0 Å². The van der Waals surface area contributed by atoms with Crippen LogP contribution in [-0.2, 0) is 4.79 Å². The zero-order valence-electron chi connectivity index (χ0n) is 11.5. The van der Waals surface area contributed by atoms with Gasteiger partial charge < -0.3 is 14.2 Å². The quantitative estimate of drug-likeness (QED) is 0.672. The molecule has 2 aromatic rings. The summed E-state index contributed by atoms with van der Waals surface area (Å²) >= 11 is 2.16. The fraction of sp³-hybridized carbons (Fsp3) is 0.188. The summed E-state index contributed by atoms with van der Waals surface area (Å²) in [7, 11) is 1.58. The zero-order chi connectivity index (χ0) is 15.1. The Morgan fingerprint density at radius 2 is 1.71 bits per heavy atom. The molecule has 0 amide bonds. The van der Waals surface area contributed by atoms with Crippen LogP contribution in [-0.4, -0.2) is 26.1 Å². The molecule has 0 fully saturated rings. The van der Waals surface area contributed by atoms with Gasteiger partial charge >= 0.3 is 0 Å². The Hall–Kier alpha value is -1.76. The van der Waals surface area contributed by atoms with Crippen LogP contribution in [0, 0.1) is 3.57 Å². The van der Waals surface area contributed by atoms with E-state index in [1.807, 2.05) is 36.4 Å². The van der Waals surface area contributed by atoms with E-state index >= 15 is 0 Å². The van der Waals surface area contributed by atoms with E-state index in [1.165, 1.54) is 0 Å². The Labute approximate surface area is 137 Å². The number of carbonyl (C=O) groups is 1. The third-order valence-corrected chi connectivity index (χ3v) is 3.56. The standard InChI is InChI=1S/C16H15IO4/c1-19-13-5-4-6-14(9-13)20-10-12(18)11-21-16-8-3-2-7-15(16)17/h2-9H,10-11H2,1H3. The van der Waals surface area contributed by atoms with Crippen LogP contribution < -0.4 is 14.2 Å². The second-order valence-electron chi connectivity index (χ2n) is 4.23. The van der Waals surface area contributed by atoms with Gasteiger partial charge in [0.25, 0.3) is 0 Å². The summed E-state index contributed by atoms with van der Waals surface area (Å²) in [5.41, 5.74) is 0. The normalized spacial score (nSPS) is 10.0. The van der Waals surface area contributed by atoms with Crippen molar-refractivity contribution in [2.45, 2.75) is 0 Å². The second-order valence-corrected chi connectivity index (χ2v) is 5.39. The molecular weight excluding hydrogens is 383 g/mol. The van der Waals surface area contributed by atoms with Gasteiger partial charge in [0.05, 0.1) is 10.7 Å². The van der Waals surface area contributed by atoms with E-state index in [-0.39, 0.29) is 19.0 Å². The molecule has 0 aromatic heterocycles. The third-order valence-electron chi connectivity index (χ3n) is 2.67. The minimum atomic E-state index is -0.127. The molecule has 0 spiro atoms. The van der Waals surface area contributed by atoms with Crippen molar-refractivity contribution in [3.63, 3.8) is 0 Å². The molecule has 5 heteroatoms. The Bertz CT molecular complexity index is 613. The number of methoxy groups -OCH3 is 1. The van der Waals surface area contributed by atoms with Gasteiger partial charge in [0.2, 0.25) is 5.78 Å². The number of hydrogen-bond acceptors (Lipinski definition) is 4. The molecule has 0 saturated carbocycles. The largest absolute Gasteiger partial charge is 0.497 e. The molecule has 0 aliphatic heterocycles. The molecule has 0 atom stereocenters. The number of carbonyl (C=O) groups excluding carboxylic acids is 1. The summed E-state index contributed by atoms with van der Waals surface area (Å²) in [5, 5.41) is 0. The molecule has 4 nitrogen and oxygen atoms in total. The van der Waals surface area contributed by atoms with Gasteiger partial charge in [0, 0.05) is 6.07 Å². The van der Waals surface area contributed by atoms with Gasteiger partial charge in [-0.15, -0.1) is 0 Å². The van der Waals surface area contributed by atoms with Crippen LogP contribution in [0.2, 0.25) is 0 Å². The van der Waals surface area contributed by atoms with Crippen LogP contribution in [0.4, 0.5) is 0 Å². The predicted octanol–water partition coefficient (Wildman–Crippen LogP) is 3.33. The number of halogens is 1. The van der Waals surface area contributed by atoms with Crippen molar-refractivity contribution in [2.75, 3.05) is 20.3 Å². The first kappa shape index (κ1) is 15.6. The Balaban J connectivity index is 1.81. The van der Waals surface area contributed by atoms with E-state index < -0.39 is 0 Å². The molecule has 0 bridgehead atoms. The molecule has 110 valence electrons. The topological polar surface area (TPSA) is 44.8 Å². The molecule has 2 aromatic carbocycles. The molecule has 2 rings (SSSR count). The molecule has 0 unspecified atom stereocenters. The van der Waals surface area contributed by atoms with Crippen molar-refractivity contribution in [1.29, 1.82) is 0 Å². The smallest absolute Gasteiger partial charge is 0.207 e. The highest BCUT2D eigenvalue weighted by molar-refractivity contribution is 14.1. The van der Waals surface area contributed by atoms with Crippen LogP contribution in [0.3, 0.4) is 0 Å². The highest BCUT2D eigenvalue weighted by Crippen LogP contribution is 2.20. The summed E-state index contributed by atoms with van der Waals surface area (Å²) in [6, 6.07) is 14.7. The van der Waals surface area contributed by atoms with Gasteiger partial charge in [-0.25, -0.2) is 0 Å². The lowest BCUT2D eigenvalue weighted by molar-refractivity contribution is -0.123. The number of Topliss-reactive ketones (excluding diaryl/α,β-unsaturated/α-hetero) is 1. The molecule has 0 saturated heterocycles. The molecule has 0 N–H and O–H groups in total. The summed E-state index contributed by atoms with van der Waals surface area (Å²) in [6.45, 7) is -0.0411. The molecule has 21 heavy (non-hydrogen) atoms. The van der Waals surface area contributed by atoms with Crippen LogP contribution in [0.1, 0.15) is 0 Å². The van der Waals surface area contributed by atoms with E-state index in [0.717, 1.165) is 3.57 Å². The number of ether oxygens (including phenoxy) is 3. The van der Waals surface area contributed by atoms with Gasteiger partial charge in [-0.3, -0.25) is 4.79 Å². The summed E-state index contributed by atoms with van der Waals surface area (Å²) in [6.07, 6.45) is 0. The average Bonchev–Trinajstić information content (AvgIpc) is 2.52. The van der Waals surface area contributed by atoms with E-state index in [0.29, 0.717) is 17.2 Å². The van der Waals surface area contributed by atoms with Gasteiger partial charge in [-0.05, 0) is 46.9 Å². The Kier molecular flexibility index (Phi) is 5.86. The summed E-state index contributed by atoms with van der Waals surface area (Å²) in [5.74, 6) is 1.86. The van der Waals surface area contributed by atoms with Gasteiger partial charge in [0.15, 0.2) is 6.61 Å². The third kappa shape index (κ3) is 4.93. The number of benzene rings is 2. The van der Waals surface area contributed by atoms with Gasteiger partial charge in [0.1, 0.15) is 23.9 Å². The van der Waals surface area contributed by atoms with Crippen LogP contribution >= 0.6 is 22.6 Å². The molecule has 0 aliphatic carbocycles. The first-order chi connectivity index (χ1) is 10.2. The van der Waals surface area contributed by atoms with Crippen molar-refractivity contribution in [2.24, 2.45) is 0 Å².